The van der Waals surface area contributed by atoms with Gasteiger partial charge in [-0.2, -0.15) is 5.10 Å². The van der Waals surface area contributed by atoms with Crippen molar-refractivity contribution in [2.24, 2.45) is 4.99 Å². The van der Waals surface area contributed by atoms with Crippen molar-refractivity contribution in [3.63, 3.8) is 0 Å². The van der Waals surface area contributed by atoms with Crippen molar-refractivity contribution in [2.45, 2.75) is 31.8 Å². The largest absolute Gasteiger partial charge is 0.344 e. The fourth-order valence-electron chi connectivity index (χ4n) is 7.26. The van der Waals surface area contributed by atoms with Gasteiger partial charge >= 0.3 is 0 Å². The highest BCUT2D eigenvalue weighted by molar-refractivity contribution is 6.41. The number of benzene rings is 5. The molecule has 1 atom stereocenters. The van der Waals surface area contributed by atoms with Gasteiger partial charge in [-0.05, 0) is 77.6 Å². The number of hydrogen-bond acceptors (Lipinski definition) is 4. The van der Waals surface area contributed by atoms with Gasteiger partial charge in [-0.1, -0.05) is 121 Å². The number of rotatable bonds is 9. The normalized spacial score (nSPS) is 13.0. The van der Waals surface area contributed by atoms with Crippen LogP contribution in [-0.2, 0) is 16.8 Å². The zero-order chi connectivity index (χ0) is 35.0. The van der Waals surface area contributed by atoms with Crippen LogP contribution in [0.2, 0.25) is 0 Å². The predicted octanol–water partition coefficient (Wildman–Crippen LogP) is 9.48. The minimum absolute atomic E-state index is 0.174. The molecule has 0 fully saturated rings. The van der Waals surface area contributed by atoms with E-state index in [0.29, 0.717) is 12.1 Å². The quantitative estimate of drug-likeness (QED) is 0.156. The fraction of sp³-hybridized carbons (Fsp3) is 0.111. The lowest BCUT2D eigenvalue weighted by Gasteiger charge is -2.37. The third-order valence-electron chi connectivity index (χ3n) is 9.83. The minimum atomic E-state index is -0.824. The first-order valence-electron chi connectivity index (χ1n) is 17.2. The number of aliphatic imine (C=N–C) groups is 1. The summed E-state index contributed by atoms with van der Waals surface area (Å²) in [5, 5.41) is 9.64. The average Bonchev–Trinajstić information content (AvgIpc) is 3.77. The summed E-state index contributed by atoms with van der Waals surface area (Å²) in [5.74, 6) is -0.174. The second-order valence-electron chi connectivity index (χ2n) is 13.1. The summed E-state index contributed by atoms with van der Waals surface area (Å²) in [4.78, 5) is 22.9. The highest BCUT2D eigenvalue weighted by Gasteiger charge is 2.41. The summed E-state index contributed by atoms with van der Waals surface area (Å²) >= 11 is 0. The summed E-state index contributed by atoms with van der Waals surface area (Å²) in [6.07, 6.45) is 4.00. The van der Waals surface area contributed by atoms with Crippen LogP contribution in [0.5, 0.6) is 0 Å². The highest BCUT2D eigenvalue weighted by atomic mass is 16.2. The molecular weight excluding hydrogens is 627 g/mol. The van der Waals surface area contributed by atoms with Crippen molar-refractivity contribution in [1.29, 1.82) is 0 Å². The van der Waals surface area contributed by atoms with E-state index in [1.807, 2.05) is 62.4 Å². The van der Waals surface area contributed by atoms with E-state index in [2.05, 4.69) is 113 Å². The molecule has 8 rings (SSSR count). The first-order valence-corrected chi connectivity index (χ1v) is 17.2. The van der Waals surface area contributed by atoms with Crippen LogP contribution in [0, 0.1) is 0 Å². The fourth-order valence-corrected chi connectivity index (χ4v) is 7.26. The third kappa shape index (κ3) is 5.65. The second-order valence-corrected chi connectivity index (χ2v) is 13.1. The van der Waals surface area contributed by atoms with Gasteiger partial charge in [-0.25, -0.2) is 9.67 Å². The van der Waals surface area contributed by atoms with Crippen molar-refractivity contribution in [3.8, 4) is 11.3 Å². The molecule has 7 aromatic rings. The van der Waals surface area contributed by atoms with Crippen LogP contribution < -0.4 is 5.32 Å². The molecule has 51 heavy (non-hydrogen) atoms. The van der Waals surface area contributed by atoms with Crippen LogP contribution in [0.4, 0.5) is 5.69 Å². The molecule has 0 saturated carbocycles. The molecule has 0 bridgehead atoms. The predicted molar refractivity (Wildman–Crippen MR) is 206 cm³/mol. The monoisotopic (exact) mass is 663 g/mol. The SMILES string of the molecule is C=C(C)c1cccc([C@@H](C)NC(=O)C2=Nc3cc4c(-c5ccncc5)nn(C(c5ccccc5)(c5ccccc5)c5ccccc5)c4cc3C2)c1. The molecule has 1 aliphatic rings. The molecule has 1 amide bonds. The van der Waals surface area contributed by atoms with Crippen molar-refractivity contribution in [3.05, 3.63) is 192 Å². The summed E-state index contributed by atoms with van der Waals surface area (Å²) in [6, 6.07) is 47.8. The lowest BCUT2D eigenvalue weighted by atomic mass is 9.77. The molecular formula is C45H37N5O. The maximum atomic E-state index is 13.7. The molecule has 0 saturated heterocycles. The van der Waals surface area contributed by atoms with Crippen molar-refractivity contribution in [1.82, 2.24) is 20.1 Å². The lowest BCUT2D eigenvalue weighted by molar-refractivity contribution is -0.115. The Hall–Kier alpha value is -6.40. The van der Waals surface area contributed by atoms with Crippen LogP contribution >= 0.6 is 0 Å². The van der Waals surface area contributed by atoms with Gasteiger partial charge in [-0.15, -0.1) is 0 Å². The van der Waals surface area contributed by atoms with Crippen molar-refractivity contribution < 1.29 is 4.79 Å². The molecule has 0 radical (unpaired) electrons. The number of pyridine rings is 1. The lowest BCUT2D eigenvalue weighted by Crippen LogP contribution is -2.38. The summed E-state index contributed by atoms with van der Waals surface area (Å²) in [5.41, 5.74) is 10.4. The second kappa shape index (κ2) is 13.1. The highest BCUT2D eigenvalue weighted by Crippen LogP contribution is 2.45. The van der Waals surface area contributed by atoms with Gasteiger partial charge in [0, 0.05) is 29.8 Å². The molecule has 2 aromatic heterocycles. The van der Waals surface area contributed by atoms with E-state index in [9.17, 15) is 4.79 Å². The number of amides is 1. The Morgan fingerprint density at radius 2 is 1.39 bits per heavy atom. The van der Waals surface area contributed by atoms with Crippen molar-refractivity contribution in [2.75, 3.05) is 0 Å². The van der Waals surface area contributed by atoms with Gasteiger partial charge in [0.25, 0.3) is 5.91 Å². The van der Waals surface area contributed by atoms with Gasteiger partial charge in [0.1, 0.15) is 16.9 Å². The Morgan fingerprint density at radius 3 is 1.98 bits per heavy atom. The van der Waals surface area contributed by atoms with Crippen molar-refractivity contribution >= 4 is 33.8 Å². The van der Waals surface area contributed by atoms with Crippen LogP contribution in [0.25, 0.3) is 27.7 Å². The number of nitrogens with one attached hydrogen (secondary N) is 1. The molecule has 0 unspecified atom stereocenters. The Morgan fingerprint density at radius 1 is 0.784 bits per heavy atom. The maximum Gasteiger partial charge on any atom is 0.266 e. The molecule has 1 N–H and O–H groups in total. The van der Waals surface area contributed by atoms with Gasteiger partial charge in [-0.3, -0.25) is 9.78 Å². The number of allylic oxidation sites excluding steroid dienone is 1. The van der Waals surface area contributed by atoms with Crippen LogP contribution in [0.15, 0.2) is 163 Å². The van der Waals surface area contributed by atoms with Gasteiger partial charge < -0.3 is 5.32 Å². The zero-order valence-electron chi connectivity index (χ0n) is 28.6. The number of carbonyl (C=O) groups is 1. The smallest absolute Gasteiger partial charge is 0.266 e. The topological polar surface area (TPSA) is 72.2 Å². The molecule has 1 aliphatic heterocycles. The first-order chi connectivity index (χ1) is 24.9. The Balaban J connectivity index is 1.29. The van der Waals surface area contributed by atoms with E-state index >= 15 is 0 Å². The van der Waals surface area contributed by atoms with Crippen LogP contribution in [-0.4, -0.2) is 26.4 Å². The molecule has 248 valence electrons. The number of aromatic nitrogens is 3. The van der Waals surface area contributed by atoms with E-state index in [1.54, 1.807) is 12.4 Å². The van der Waals surface area contributed by atoms with E-state index in [4.69, 9.17) is 10.1 Å². The number of nitrogens with zero attached hydrogens (tertiary/aromatic N) is 4. The van der Waals surface area contributed by atoms with E-state index in [1.165, 1.54) is 0 Å². The van der Waals surface area contributed by atoms with Gasteiger partial charge in [0.2, 0.25) is 0 Å². The molecule has 6 nitrogen and oxygen atoms in total. The molecule has 0 spiro atoms. The number of carbonyl (C=O) groups excluding carboxylic acids is 1. The van der Waals surface area contributed by atoms with Crippen LogP contribution in [0.3, 0.4) is 0 Å². The summed E-state index contributed by atoms with van der Waals surface area (Å²) in [6.45, 7) is 8.06. The minimum Gasteiger partial charge on any atom is -0.344 e. The number of fused-ring (bicyclic) bond motifs is 2. The summed E-state index contributed by atoms with van der Waals surface area (Å²) < 4.78 is 2.17. The zero-order valence-corrected chi connectivity index (χ0v) is 28.6. The third-order valence-corrected chi connectivity index (χ3v) is 9.83. The standard InChI is InChI=1S/C45H37N5O/c1-30(2)33-14-13-15-34(26-33)31(3)47-44(51)41-27-35-28-42-39(29-40(35)48-41)43(32-22-24-46-25-23-32)49-50(42)45(36-16-7-4-8-17-36,37-18-9-5-10-19-37)38-20-11-6-12-21-38/h4-26,28-29,31H,1,27H2,2-3H3,(H,47,51)/t31-/m1/s1. The van der Waals surface area contributed by atoms with E-state index in [-0.39, 0.29) is 11.9 Å². The van der Waals surface area contributed by atoms with E-state index in [0.717, 1.165) is 66.8 Å². The summed E-state index contributed by atoms with van der Waals surface area (Å²) in [7, 11) is 0. The Kier molecular flexibility index (Phi) is 8.20. The first kappa shape index (κ1) is 31.8. The molecule has 6 heteroatoms. The maximum absolute atomic E-state index is 13.7. The van der Waals surface area contributed by atoms with Gasteiger partial charge in [0.05, 0.1) is 17.2 Å². The molecule has 5 aromatic carbocycles. The molecule has 3 heterocycles. The van der Waals surface area contributed by atoms with E-state index < -0.39 is 5.54 Å². The number of hydrogen-bond donors (Lipinski definition) is 1. The van der Waals surface area contributed by atoms with Gasteiger partial charge in [0.15, 0.2) is 0 Å². The van der Waals surface area contributed by atoms with Crippen LogP contribution in [0.1, 0.15) is 53.3 Å². The molecule has 0 aliphatic carbocycles. The Bertz CT molecular complexity index is 2320. The Labute approximate surface area is 297 Å². The average molecular weight is 664 g/mol.